The van der Waals surface area contributed by atoms with Crippen molar-refractivity contribution in [2.75, 3.05) is 38.3 Å². The van der Waals surface area contributed by atoms with Crippen LogP contribution in [0.25, 0.3) is 39.5 Å². The minimum atomic E-state index is -0.839. The zero-order chi connectivity index (χ0) is 42.1. The lowest BCUT2D eigenvalue weighted by Gasteiger charge is -2.33. The van der Waals surface area contributed by atoms with Crippen molar-refractivity contribution in [3.05, 3.63) is 130 Å². The van der Waals surface area contributed by atoms with Gasteiger partial charge in [0.15, 0.2) is 22.5 Å². The molecule has 0 spiro atoms. The summed E-state index contributed by atoms with van der Waals surface area (Å²) in [5.74, 6) is 7.60. The Hall–Kier alpha value is -6.41. The van der Waals surface area contributed by atoms with Crippen LogP contribution in [0.4, 0.5) is 5.82 Å². The van der Waals surface area contributed by atoms with E-state index in [1.807, 2.05) is 36.4 Å². The molecule has 6 aromatic rings. The van der Waals surface area contributed by atoms with E-state index in [0.717, 1.165) is 54.0 Å². The number of aromatic nitrogens is 1. The Kier molecular flexibility index (Phi) is 11.1. The number of H-pyrrole nitrogens is 1. The third-order valence-electron chi connectivity index (χ3n) is 12.5. The largest absolute Gasteiger partial charge is 0.508 e. The maximum atomic E-state index is 14.4. The predicted octanol–water partition coefficient (Wildman–Crippen LogP) is 8.67. The lowest BCUT2D eigenvalue weighted by atomic mass is 9.85. The number of hydrogen-bond donors (Lipinski definition) is 5. The Morgan fingerprint density at radius 2 is 1.77 bits per heavy atom. The van der Waals surface area contributed by atoms with Crippen molar-refractivity contribution in [3.63, 3.8) is 0 Å². The average molecular weight is 818 g/mol. The van der Waals surface area contributed by atoms with E-state index in [1.54, 1.807) is 18.2 Å². The highest BCUT2D eigenvalue weighted by Gasteiger charge is 2.35. The number of benzene rings is 4. The summed E-state index contributed by atoms with van der Waals surface area (Å²) in [6.07, 6.45) is 8.06. The molecule has 2 fully saturated rings. The molecule has 9 rings (SSSR count). The van der Waals surface area contributed by atoms with E-state index in [2.05, 4.69) is 64.3 Å². The van der Waals surface area contributed by atoms with Gasteiger partial charge in [-0.3, -0.25) is 4.79 Å². The number of methoxy groups -OCH3 is 1. The number of nitrogens with one attached hydrogen (secondary N) is 2. The van der Waals surface area contributed by atoms with Crippen molar-refractivity contribution in [2.24, 2.45) is 0 Å². The molecule has 3 aliphatic rings. The maximum Gasteiger partial charge on any atom is 0.204 e. The first kappa shape index (κ1) is 40.0. The van der Waals surface area contributed by atoms with Gasteiger partial charge in [0, 0.05) is 54.4 Å². The van der Waals surface area contributed by atoms with Gasteiger partial charge in [0.1, 0.15) is 22.7 Å². The van der Waals surface area contributed by atoms with Crippen LogP contribution in [0.5, 0.6) is 23.0 Å². The van der Waals surface area contributed by atoms with E-state index >= 15 is 0 Å². The van der Waals surface area contributed by atoms with Gasteiger partial charge in [-0.05, 0) is 66.3 Å². The van der Waals surface area contributed by atoms with Gasteiger partial charge < -0.3 is 44.4 Å². The Bertz CT molecular complexity index is 2700. The predicted molar refractivity (Wildman–Crippen MR) is 240 cm³/mol. The quantitative estimate of drug-likeness (QED) is 0.0860. The zero-order valence-corrected chi connectivity index (χ0v) is 34.5. The summed E-state index contributed by atoms with van der Waals surface area (Å²) in [4.78, 5) is 20.7. The Balaban J connectivity index is 1.16. The summed E-state index contributed by atoms with van der Waals surface area (Å²) in [6.45, 7) is 4.59. The molecule has 0 radical (unpaired) electrons. The smallest absolute Gasteiger partial charge is 0.204 e. The van der Waals surface area contributed by atoms with Gasteiger partial charge in [-0.25, -0.2) is 0 Å². The van der Waals surface area contributed by atoms with Crippen molar-refractivity contribution < 1.29 is 29.2 Å². The molecule has 4 bridgehead atoms. The molecule has 10 nitrogen and oxygen atoms in total. The lowest BCUT2D eigenvalue weighted by molar-refractivity contribution is 0.177. The van der Waals surface area contributed by atoms with E-state index in [9.17, 15) is 20.1 Å². The molecule has 1 saturated carbocycles. The maximum absolute atomic E-state index is 14.4. The summed E-state index contributed by atoms with van der Waals surface area (Å²) in [5, 5.41) is 36.9. The third-order valence-corrected chi connectivity index (χ3v) is 12.5. The molecule has 2 aromatic heterocycles. The van der Waals surface area contributed by atoms with Crippen molar-refractivity contribution in [1.29, 1.82) is 0 Å². The SMILES string of the molecule is COc1c(O)c([C@@H]2C#C[C@H]3CN(CCN3)c3[nH]c(C4(C)CCCC4)cc3-c3cccc(c3)C2)c2oc(-c3ccc(O)cc3)cc(=O)c2c1OCC[C@@H](O)/C=C/c1ccccc1. The molecule has 2 aliphatic heterocycles. The Morgan fingerprint density at radius 3 is 2.56 bits per heavy atom. The summed E-state index contributed by atoms with van der Waals surface area (Å²) < 4.78 is 18.8. The van der Waals surface area contributed by atoms with Crippen LogP contribution in [0.2, 0.25) is 0 Å². The molecule has 61 heavy (non-hydrogen) atoms. The number of aliphatic hydroxyl groups is 1. The van der Waals surface area contributed by atoms with E-state index < -0.39 is 17.5 Å². The third kappa shape index (κ3) is 8.11. The van der Waals surface area contributed by atoms with Gasteiger partial charge >= 0.3 is 0 Å². The average Bonchev–Trinajstić information content (AvgIpc) is 3.93. The molecule has 3 atom stereocenters. The van der Waals surface area contributed by atoms with E-state index in [1.165, 1.54) is 43.8 Å². The molecule has 312 valence electrons. The summed E-state index contributed by atoms with van der Waals surface area (Å²) in [5.41, 5.74) is 6.16. The minimum absolute atomic E-state index is 0.00554. The van der Waals surface area contributed by atoms with Gasteiger partial charge in [0.25, 0.3) is 0 Å². The van der Waals surface area contributed by atoms with Crippen LogP contribution in [0.15, 0.2) is 106 Å². The number of rotatable bonds is 10. The molecule has 4 heterocycles. The highest BCUT2D eigenvalue weighted by molar-refractivity contribution is 5.94. The van der Waals surface area contributed by atoms with Crippen molar-refractivity contribution in [1.82, 2.24) is 10.3 Å². The number of hydrogen-bond acceptors (Lipinski definition) is 9. The first-order valence-electron chi connectivity index (χ1n) is 21.2. The van der Waals surface area contributed by atoms with Crippen molar-refractivity contribution >= 4 is 22.9 Å². The monoisotopic (exact) mass is 817 g/mol. The number of fused-ring (bicyclic) bond motifs is 8. The lowest BCUT2D eigenvalue weighted by Crippen LogP contribution is -2.50. The van der Waals surface area contributed by atoms with E-state index in [0.29, 0.717) is 24.1 Å². The highest BCUT2D eigenvalue weighted by Crippen LogP contribution is 2.50. The molecule has 10 heteroatoms. The first-order chi connectivity index (χ1) is 29.7. The van der Waals surface area contributed by atoms with Crippen LogP contribution in [0.3, 0.4) is 0 Å². The molecule has 0 amide bonds. The van der Waals surface area contributed by atoms with E-state index in [4.69, 9.17) is 13.9 Å². The normalized spacial score (nSPS) is 18.8. The molecule has 1 saturated heterocycles. The van der Waals surface area contributed by atoms with Crippen LogP contribution >= 0.6 is 0 Å². The first-order valence-corrected chi connectivity index (χ1v) is 21.2. The van der Waals surface area contributed by atoms with Crippen LogP contribution in [0, 0.1) is 11.8 Å². The molecule has 5 N–H and O–H groups in total. The van der Waals surface area contributed by atoms with Gasteiger partial charge in [0.05, 0.1) is 37.3 Å². The molecular formula is C51H51N3O7. The summed E-state index contributed by atoms with van der Waals surface area (Å²) in [6, 6.07) is 28.1. The second kappa shape index (κ2) is 16.9. The number of aliphatic hydroxyl groups excluding tert-OH is 1. The molecule has 1 aliphatic carbocycles. The fraction of sp³-hybridized carbons (Fsp3) is 0.314. The topological polar surface area (TPSA) is 140 Å². The molecule has 4 aromatic carbocycles. The number of ether oxygens (including phenoxy) is 2. The number of nitrogens with zero attached hydrogens (tertiary/aromatic N) is 1. The Morgan fingerprint density at radius 1 is 0.967 bits per heavy atom. The second-order valence-electron chi connectivity index (χ2n) is 16.7. The molecular weight excluding hydrogens is 767 g/mol. The van der Waals surface area contributed by atoms with Crippen LogP contribution in [-0.2, 0) is 11.8 Å². The van der Waals surface area contributed by atoms with E-state index in [-0.39, 0.29) is 64.2 Å². The van der Waals surface area contributed by atoms with Gasteiger partial charge in [-0.1, -0.05) is 98.4 Å². The van der Waals surface area contributed by atoms with Gasteiger partial charge in [0.2, 0.25) is 5.75 Å². The van der Waals surface area contributed by atoms with Crippen LogP contribution < -0.4 is 25.1 Å². The number of aromatic amines is 1. The molecule has 0 unspecified atom stereocenters. The standard InChI is InChI=1S/C51H51N3O7/c1-51(22-6-7-23-51)43-29-40-35-12-8-11-33(27-35)28-36(14-17-37-31-54(25-24-52-37)50(40)53-43)44-46(58)49(59-2)48(60-26-21-39(56)18-13-32-9-4-3-5-10-32)45-41(57)30-42(61-47(44)45)34-15-19-38(55)20-16-34/h3-5,8-13,15-16,18-20,27,29-30,36-37,39,52-53,55-56,58H,6-7,21-26,28,31H2,1-2H3/b18-13+/t36-,37+,39+/m1/s1. The number of piperazine rings is 1. The zero-order valence-electron chi connectivity index (χ0n) is 34.5. The number of phenolic OH excluding ortho intramolecular Hbond substituents is 2. The summed E-state index contributed by atoms with van der Waals surface area (Å²) in [7, 11) is 1.42. The van der Waals surface area contributed by atoms with Crippen molar-refractivity contribution in [3.8, 4) is 57.3 Å². The number of phenols is 2. The van der Waals surface area contributed by atoms with Crippen LogP contribution in [0.1, 0.15) is 67.3 Å². The number of anilines is 1. The fourth-order valence-electron chi connectivity index (χ4n) is 9.17. The highest BCUT2D eigenvalue weighted by atomic mass is 16.5. The van der Waals surface area contributed by atoms with Gasteiger partial charge in [-0.2, -0.15) is 0 Å². The minimum Gasteiger partial charge on any atom is -0.508 e. The number of aromatic hydroxyl groups is 2. The van der Waals surface area contributed by atoms with Gasteiger partial charge in [-0.15, -0.1) is 0 Å². The second-order valence-corrected chi connectivity index (χ2v) is 16.7. The summed E-state index contributed by atoms with van der Waals surface area (Å²) >= 11 is 0. The Labute approximate surface area is 355 Å². The fourth-order valence-corrected chi connectivity index (χ4v) is 9.17. The van der Waals surface area contributed by atoms with Crippen molar-refractivity contribution in [2.45, 2.75) is 68.9 Å². The van der Waals surface area contributed by atoms with Crippen LogP contribution in [-0.4, -0.2) is 65.8 Å².